The van der Waals surface area contributed by atoms with Gasteiger partial charge in [0.15, 0.2) is 5.82 Å². The Balaban J connectivity index is 1.32. The fourth-order valence-corrected chi connectivity index (χ4v) is 3.76. The smallest absolute Gasteiger partial charge is 0.227 e. The molecule has 0 radical (unpaired) electrons. The highest BCUT2D eigenvalue weighted by molar-refractivity contribution is 5.94. The molecule has 2 heterocycles. The molecule has 1 fully saturated rings. The predicted octanol–water partition coefficient (Wildman–Crippen LogP) is 4.10. The molecule has 0 saturated carbocycles. The largest absolute Gasteiger partial charge is 0.355 e. The van der Waals surface area contributed by atoms with Crippen molar-refractivity contribution < 1.29 is 14.0 Å². The first-order chi connectivity index (χ1) is 15.5. The van der Waals surface area contributed by atoms with Crippen molar-refractivity contribution in [3.8, 4) is 11.3 Å². The number of piperidine rings is 1. The summed E-state index contributed by atoms with van der Waals surface area (Å²) in [4.78, 5) is 26.0. The number of carbonyl (C=O) groups is 2. The van der Waals surface area contributed by atoms with Gasteiger partial charge in [0, 0.05) is 42.9 Å². The molecule has 0 aliphatic carbocycles. The van der Waals surface area contributed by atoms with Crippen molar-refractivity contribution in [1.82, 2.24) is 10.2 Å². The van der Waals surface area contributed by atoms with Gasteiger partial charge in [0.05, 0.1) is 5.69 Å². The van der Waals surface area contributed by atoms with Crippen LogP contribution in [0.25, 0.3) is 11.3 Å². The number of halogens is 1. The predicted molar refractivity (Wildman–Crippen MR) is 122 cm³/mol. The Kier molecular flexibility index (Phi) is 6.39. The zero-order chi connectivity index (χ0) is 22.5. The quantitative estimate of drug-likeness (QED) is 0.633. The van der Waals surface area contributed by atoms with Crippen LogP contribution in [0, 0.1) is 11.7 Å². The summed E-state index contributed by atoms with van der Waals surface area (Å²) in [5.74, 6) is 0.197. The maximum atomic E-state index is 13.1. The van der Waals surface area contributed by atoms with Gasteiger partial charge in [-0.15, -0.1) is 10.2 Å². The van der Waals surface area contributed by atoms with Crippen molar-refractivity contribution in [3.63, 3.8) is 0 Å². The minimum atomic E-state index is -0.286. The summed E-state index contributed by atoms with van der Waals surface area (Å²) in [7, 11) is 0. The molecule has 1 aliphatic heterocycles. The molecule has 1 aliphatic rings. The Morgan fingerprint density at radius 1 is 0.938 bits per heavy atom. The summed E-state index contributed by atoms with van der Waals surface area (Å²) < 4.78 is 13.1. The molecule has 164 valence electrons. The molecule has 0 unspecified atom stereocenters. The number of nitrogens with one attached hydrogen (secondary N) is 2. The van der Waals surface area contributed by atoms with Gasteiger partial charge in [0.1, 0.15) is 5.82 Å². The molecule has 1 aromatic heterocycles. The first-order valence-electron chi connectivity index (χ1n) is 10.5. The molecular formula is C24H24FN5O2. The van der Waals surface area contributed by atoms with Crippen molar-refractivity contribution >= 4 is 29.0 Å². The van der Waals surface area contributed by atoms with Gasteiger partial charge in [0.25, 0.3) is 0 Å². The van der Waals surface area contributed by atoms with Gasteiger partial charge in [-0.25, -0.2) is 4.39 Å². The summed E-state index contributed by atoms with van der Waals surface area (Å²) in [6, 6.07) is 17.0. The van der Waals surface area contributed by atoms with E-state index in [1.54, 1.807) is 36.4 Å². The van der Waals surface area contributed by atoms with E-state index in [0.29, 0.717) is 43.0 Å². The van der Waals surface area contributed by atoms with Crippen molar-refractivity contribution in [2.75, 3.05) is 28.6 Å². The van der Waals surface area contributed by atoms with E-state index in [9.17, 15) is 14.0 Å². The lowest BCUT2D eigenvalue weighted by atomic mass is 9.95. The highest BCUT2D eigenvalue weighted by atomic mass is 19.1. The molecule has 4 rings (SSSR count). The Hall–Kier alpha value is -3.81. The normalized spacial score (nSPS) is 14.1. The van der Waals surface area contributed by atoms with Crippen LogP contribution >= 0.6 is 0 Å². The number of carbonyl (C=O) groups excluding carboxylic acids is 2. The zero-order valence-corrected chi connectivity index (χ0v) is 17.7. The molecule has 2 amide bonds. The van der Waals surface area contributed by atoms with Gasteiger partial charge in [0.2, 0.25) is 11.8 Å². The second kappa shape index (κ2) is 9.55. The average molecular weight is 433 g/mol. The Morgan fingerprint density at radius 2 is 1.62 bits per heavy atom. The van der Waals surface area contributed by atoms with Crippen molar-refractivity contribution in [2.45, 2.75) is 19.8 Å². The first-order valence-corrected chi connectivity index (χ1v) is 10.5. The molecule has 0 atom stereocenters. The second-order valence-electron chi connectivity index (χ2n) is 7.80. The lowest BCUT2D eigenvalue weighted by Crippen LogP contribution is -2.38. The molecule has 8 heteroatoms. The average Bonchev–Trinajstić information content (AvgIpc) is 2.80. The maximum absolute atomic E-state index is 13.1. The summed E-state index contributed by atoms with van der Waals surface area (Å²) in [5, 5.41) is 14.2. The Bertz CT molecular complexity index is 1090. The van der Waals surface area contributed by atoms with E-state index in [4.69, 9.17) is 0 Å². The van der Waals surface area contributed by atoms with Gasteiger partial charge in [-0.2, -0.15) is 0 Å². The zero-order valence-electron chi connectivity index (χ0n) is 17.7. The monoisotopic (exact) mass is 433 g/mol. The van der Waals surface area contributed by atoms with Crippen LogP contribution in [0.5, 0.6) is 0 Å². The number of hydrogen-bond donors (Lipinski definition) is 2. The van der Waals surface area contributed by atoms with Gasteiger partial charge < -0.3 is 15.5 Å². The van der Waals surface area contributed by atoms with E-state index in [-0.39, 0.29) is 23.5 Å². The molecule has 7 nitrogen and oxygen atoms in total. The molecule has 32 heavy (non-hydrogen) atoms. The third kappa shape index (κ3) is 5.26. The summed E-state index contributed by atoms with van der Waals surface area (Å²) >= 11 is 0. The van der Waals surface area contributed by atoms with Crippen molar-refractivity contribution in [2.24, 2.45) is 5.92 Å². The SMILES string of the molecule is CC(=O)Nc1cccc(NC(=O)C2CCN(c3ccc(-c4ccc(F)cc4)nn3)CC2)c1. The third-order valence-corrected chi connectivity index (χ3v) is 5.43. The Labute approximate surface area is 185 Å². The summed E-state index contributed by atoms with van der Waals surface area (Å²) in [5.41, 5.74) is 2.80. The third-order valence-electron chi connectivity index (χ3n) is 5.43. The number of anilines is 3. The summed E-state index contributed by atoms with van der Waals surface area (Å²) in [6.07, 6.45) is 1.41. The van der Waals surface area contributed by atoms with Crippen LogP contribution < -0.4 is 15.5 Å². The van der Waals surface area contributed by atoms with E-state index in [2.05, 4.69) is 25.7 Å². The minimum Gasteiger partial charge on any atom is -0.355 e. The number of nitrogens with zero attached hydrogens (tertiary/aromatic N) is 3. The van der Waals surface area contributed by atoms with Crippen molar-refractivity contribution in [3.05, 3.63) is 66.5 Å². The maximum Gasteiger partial charge on any atom is 0.227 e. The molecule has 1 saturated heterocycles. The van der Waals surface area contributed by atoms with Gasteiger partial charge >= 0.3 is 0 Å². The molecule has 3 aromatic rings. The first kappa shape index (κ1) is 21.4. The molecular weight excluding hydrogens is 409 g/mol. The van der Waals surface area contributed by atoms with Crippen molar-refractivity contribution in [1.29, 1.82) is 0 Å². The molecule has 0 bridgehead atoms. The minimum absolute atomic E-state index is 0.0256. The van der Waals surface area contributed by atoms with Gasteiger partial charge in [-0.1, -0.05) is 6.07 Å². The number of aromatic nitrogens is 2. The highest BCUT2D eigenvalue weighted by Gasteiger charge is 2.26. The van der Waals surface area contributed by atoms with Crippen LogP contribution in [0.3, 0.4) is 0 Å². The topological polar surface area (TPSA) is 87.2 Å². The fraction of sp³-hybridized carbons (Fsp3) is 0.250. The molecule has 2 N–H and O–H groups in total. The van der Waals surface area contributed by atoms with Crippen LogP contribution in [0.15, 0.2) is 60.7 Å². The van der Waals surface area contributed by atoms with Crippen LogP contribution in [0.2, 0.25) is 0 Å². The molecule has 0 spiro atoms. The van der Waals surface area contributed by atoms with Crippen LogP contribution in [0.4, 0.5) is 21.6 Å². The standard InChI is InChI=1S/C24H24FN5O2/c1-16(31)26-20-3-2-4-21(15-20)27-24(32)18-11-13-30(14-12-18)23-10-9-22(28-29-23)17-5-7-19(25)8-6-17/h2-10,15,18H,11-14H2,1H3,(H,26,31)(H,27,32). The van der Waals surface area contributed by atoms with Crippen LogP contribution in [0.1, 0.15) is 19.8 Å². The lowest BCUT2D eigenvalue weighted by Gasteiger charge is -2.31. The van der Waals surface area contributed by atoms with E-state index in [0.717, 1.165) is 11.4 Å². The molecule has 2 aromatic carbocycles. The van der Waals surface area contributed by atoms with Crippen LogP contribution in [-0.4, -0.2) is 35.1 Å². The lowest BCUT2D eigenvalue weighted by molar-refractivity contribution is -0.120. The Morgan fingerprint density at radius 3 is 2.25 bits per heavy atom. The van der Waals surface area contributed by atoms with Gasteiger partial charge in [-0.3, -0.25) is 9.59 Å². The van der Waals surface area contributed by atoms with E-state index in [1.807, 2.05) is 12.1 Å². The summed E-state index contributed by atoms with van der Waals surface area (Å²) in [6.45, 7) is 2.85. The van der Waals surface area contributed by atoms with Gasteiger partial charge in [-0.05, 0) is 67.4 Å². The number of benzene rings is 2. The highest BCUT2D eigenvalue weighted by Crippen LogP contribution is 2.25. The fourth-order valence-electron chi connectivity index (χ4n) is 3.76. The second-order valence-corrected chi connectivity index (χ2v) is 7.80. The van der Waals surface area contributed by atoms with E-state index in [1.165, 1.54) is 19.1 Å². The number of rotatable bonds is 5. The van der Waals surface area contributed by atoms with Crippen LogP contribution in [-0.2, 0) is 9.59 Å². The number of hydrogen-bond acceptors (Lipinski definition) is 5. The van der Waals surface area contributed by atoms with E-state index >= 15 is 0 Å². The van der Waals surface area contributed by atoms with E-state index < -0.39 is 0 Å². The number of amides is 2.